The zero-order valence-corrected chi connectivity index (χ0v) is 30.5. The number of hydrogen-bond acceptors (Lipinski definition) is 9. The van der Waals surface area contributed by atoms with Crippen LogP contribution in [0.25, 0.3) is 0 Å². The second kappa shape index (κ2) is 15.7. The second-order valence-electron chi connectivity index (χ2n) is 15.7. The lowest BCUT2D eigenvalue weighted by Crippen LogP contribution is -2.67. The van der Waals surface area contributed by atoms with Gasteiger partial charge in [0.05, 0.1) is 6.10 Å². The molecule has 0 aromatic rings. The summed E-state index contributed by atoms with van der Waals surface area (Å²) in [4.78, 5) is 50.1. The molecule has 1 amide bonds. The van der Waals surface area contributed by atoms with Gasteiger partial charge in [-0.1, -0.05) is 45.4 Å². The molecule has 1 heterocycles. The Labute approximate surface area is 292 Å². The van der Waals surface area contributed by atoms with Crippen LogP contribution in [0, 0.1) is 34.5 Å². The van der Waals surface area contributed by atoms with E-state index in [1.165, 1.54) is 45.1 Å². The lowest BCUT2D eigenvalue weighted by atomic mass is 9.47. The van der Waals surface area contributed by atoms with Gasteiger partial charge in [-0.25, -0.2) is 0 Å². The van der Waals surface area contributed by atoms with Gasteiger partial charge < -0.3 is 29.0 Å². The monoisotopic (exact) mass is 685 g/mol. The third-order valence-corrected chi connectivity index (χ3v) is 12.6. The Balaban J connectivity index is 1.38. The summed E-state index contributed by atoms with van der Waals surface area (Å²) in [6.45, 7) is 15.3. The van der Waals surface area contributed by atoms with Crippen LogP contribution in [-0.4, -0.2) is 67.2 Å². The van der Waals surface area contributed by atoms with Crippen LogP contribution in [0.2, 0.25) is 0 Å². The molecule has 5 rings (SSSR count). The molecule has 12 atom stereocenters. The van der Waals surface area contributed by atoms with Crippen molar-refractivity contribution in [1.29, 1.82) is 0 Å². The Bertz CT molecular complexity index is 1280. The maximum Gasteiger partial charge on any atom is 0.306 e. The molecular formula is C39H59NO9. The Kier molecular flexibility index (Phi) is 12.0. The first-order chi connectivity index (χ1) is 23.3. The van der Waals surface area contributed by atoms with Crippen LogP contribution in [0.1, 0.15) is 119 Å². The third-order valence-electron chi connectivity index (χ3n) is 12.6. The molecule has 274 valence electrons. The zero-order chi connectivity index (χ0) is 35.5. The Hall–Kier alpha value is -2.72. The standard InChI is InChI=1S/C39H59NO9/c1-8-11-32(43)45-22-31-35(49-33(44)12-9-2)36(46-24(5)42)34(40-23(4)41)37(48-31)47-27-17-19-39(7)26(21-27)13-15-28-29-16-14-25(10-3)38(29,6)20-18-30(28)39/h10,13,25,27-31,34-37H,3,8-9,11-12,14-22H2,1-2,4-7H3,(H,40,41)/t25-,27?,28-,29-,30-,31?,34?,35?,36?,37?,38+,39-/m0/s1. The Morgan fingerprint density at radius 1 is 0.959 bits per heavy atom. The number of nitrogens with one attached hydrogen (secondary N) is 1. The van der Waals surface area contributed by atoms with Crippen LogP contribution < -0.4 is 5.32 Å². The number of carbonyl (C=O) groups is 4. The topological polar surface area (TPSA) is 126 Å². The third kappa shape index (κ3) is 7.80. The molecular weight excluding hydrogens is 626 g/mol. The van der Waals surface area contributed by atoms with E-state index in [0.29, 0.717) is 36.0 Å². The predicted molar refractivity (Wildman–Crippen MR) is 183 cm³/mol. The molecule has 6 unspecified atom stereocenters. The maximum atomic E-state index is 12.8. The van der Waals surface area contributed by atoms with Crippen molar-refractivity contribution in [3.63, 3.8) is 0 Å². The minimum absolute atomic E-state index is 0.107. The molecule has 10 heteroatoms. The number of fused-ring (bicyclic) bond motifs is 5. The van der Waals surface area contributed by atoms with E-state index in [1.807, 2.05) is 13.8 Å². The quantitative estimate of drug-likeness (QED) is 0.142. The lowest BCUT2D eigenvalue weighted by Gasteiger charge is -2.58. The average Bonchev–Trinajstić information content (AvgIpc) is 3.39. The highest BCUT2D eigenvalue weighted by Gasteiger charge is 2.59. The minimum atomic E-state index is -1.13. The molecule has 4 aliphatic carbocycles. The number of rotatable bonds is 12. The molecule has 10 nitrogen and oxygen atoms in total. The zero-order valence-electron chi connectivity index (χ0n) is 30.5. The molecule has 0 radical (unpaired) electrons. The van der Waals surface area contributed by atoms with E-state index in [-0.39, 0.29) is 36.9 Å². The van der Waals surface area contributed by atoms with Gasteiger partial charge in [0.2, 0.25) is 5.91 Å². The first-order valence-electron chi connectivity index (χ1n) is 18.8. The van der Waals surface area contributed by atoms with Crippen LogP contribution in [-0.2, 0) is 42.9 Å². The smallest absolute Gasteiger partial charge is 0.306 e. The number of esters is 3. The lowest BCUT2D eigenvalue weighted by molar-refractivity contribution is -0.290. The number of ether oxygens (including phenoxy) is 5. The summed E-state index contributed by atoms with van der Waals surface area (Å²) in [6.07, 6.45) is 10.4. The second-order valence-corrected chi connectivity index (χ2v) is 15.7. The molecule has 0 aromatic heterocycles. The van der Waals surface area contributed by atoms with E-state index >= 15 is 0 Å². The molecule has 0 spiro atoms. The summed E-state index contributed by atoms with van der Waals surface area (Å²) in [5.41, 5.74) is 1.90. The van der Waals surface area contributed by atoms with Crippen LogP contribution in [0.3, 0.4) is 0 Å². The molecule has 0 aromatic carbocycles. The molecule has 49 heavy (non-hydrogen) atoms. The van der Waals surface area contributed by atoms with Gasteiger partial charge in [-0.05, 0) is 98.7 Å². The van der Waals surface area contributed by atoms with Crippen molar-refractivity contribution in [3.8, 4) is 0 Å². The molecule has 1 saturated heterocycles. The van der Waals surface area contributed by atoms with Gasteiger partial charge in [0.15, 0.2) is 18.5 Å². The fourth-order valence-electron chi connectivity index (χ4n) is 10.2. The van der Waals surface area contributed by atoms with Crippen molar-refractivity contribution in [1.82, 2.24) is 5.32 Å². The largest absolute Gasteiger partial charge is 0.463 e. The fourth-order valence-corrected chi connectivity index (χ4v) is 10.2. The van der Waals surface area contributed by atoms with Crippen LogP contribution in [0.15, 0.2) is 24.3 Å². The van der Waals surface area contributed by atoms with E-state index in [9.17, 15) is 19.2 Å². The summed E-state index contributed by atoms with van der Waals surface area (Å²) in [5, 5.41) is 2.87. The van der Waals surface area contributed by atoms with Gasteiger partial charge in [0.1, 0.15) is 18.8 Å². The van der Waals surface area contributed by atoms with Gasteiger partial charge in [-0.15, -0.1) is 6.58 Å². The van der Waals surface area contributed by atoms with Gasteiger partial charge in [0.25, 0.3) is 0 Å². The molecule has 4 fully saturated rings. The van der Waals surface area contributed by atoms with Crippen molar-refractivity contribution in [2.45, 2.75) is 155 Å². The number of allylic oxidation sites excluding steroid dienone is 2. The van der Waals surface area contributed by atoms with E-state index in [1.54, 1.807) is 0 Å². The maximum absolute atomic E-state index is 12.8. The summed E-state index contributed by atoms with van der Waals surface area (Å²) in [7, 11) is 0. The average molecular weight is 686 g/mol. The molecule has 3 saturated carbocycles. The summed E-state index contributed by atoms with van der Waals surface area (Å²) >= 11 is 0. The predicted octanol–water partition coefficient (Wildman–Crippen LogP) is 6.35. The highest BCUT2D eigenvalue weighted by Crippen LogP contribution is 2.66. The van der Waals surface area contributed by atoms with Crippen LogP contribution in [0.4, 0.5) is 0 Å². The van der Waals surface area contributed by atoms with Gasteiger partial charge in [-0.3, -0.25) is 19.2 Å². The van der Waals surface area contributed by atoms with Crippen molar-refractivity contribution in [2.75, 3.05) is 6.61 Å². The molecule has 1 aliphatic heterocycles. The highest BCUT2D eigenvalue weighted by atomic mass is 16.7. The van der Waals surface area contributed by atoms with Crippen molar-refractivity contribution >= 4 is 23.8 Å². The van der Waals surface area contributed by atoms with E-state index in [4.69, 9.17) is 23.7 Å². The fraction of sp³-hybridized carbons (Fsp3) is 0.795. The first kappa shape index (κ1) is 37.5. The van der Waals surface area contributed by atoms with E-state index in [0.717, 1.165) is 31.6 Å². The van der Waals surface area contributed by atoms with Gasteiger partial charge in [-0.2, -0.15) is 0 Å². The molecule has 0 bridgehead atoms. The highest BCUT2D eigenvalue weighted by molar-refractivity contribution is 5.74. The number of amides is 1. The van der Waals surface area contributed by atoms with E-state index in [2.05, 4.69) is 37.9 Å². The first-order valence-corrected chi connectivity index (χ1v) is 18.8. The van der Waals surface area contributed by atoms with Crippen LogP contribution in [0.5, 0.6) is 0 Å². The summed E-state index contributed by atoms with van der Waals surface area (Å²) < 4.78 is 30.3. The van der Waals surface area contributed by atoms with Crippen molar-refractivity contribution in [3.05, 3.63) is 24.3 Å². The molecule has 5 aliphatic rings. The van der Waals surface area contributed by atoms with E-state index < -0.39 is 48.6 Å². The molecule has 1 N–H and O–H groups in total. The summed E-state index contributed by atoms with van der Waals surface area (Å²) in [5.74, 6) is 0.762. The normalized spacial score (nSPS) is 39.7. The SMILES string of the molecule is C=C[C@H]1CC[C@H]2[C@@H]3CC=C4CC(OC5OC(COC(=O)CCC)C(OC(=O)CCC)C(OC(C)=O)C5NC(C)=O)CC[C@]4(C)[C@H]3CC[C@]12C. The van der Waals surface area contributed by atoms with Crippen molar-refractivity contribution in [2.24, 2.45) is 34.5 Å². The summed E-state index contributed by atoms with van der Waals surface area (Å²) in [6, 6.07) is -0.961. The van der Waals surface area contributed by atoms with Crippen LogP contribution >= 0.6 is 0 Å². The minimum Gasteiger partial charge on any atom is -0.463 e. The van der Waals surface area contributed by atoms with Gasteiger partial charge in [0, 0.05) is 26.7 Å². The Morgan fingerprint density at radius 3 is 2.37 bits per heavy atom. The Morgan fingerprint density at radius 2 is 1.69 bits per heavy atom. The van der Waals surface area contributed by atoms with Crippen molar-refractivity contribution < 1.29 is 42.9 Å². The number of hydrogen-bond donors (Lipinski definition) is 1. The number of carbonyl (C=O) groups excluding carboxylic acids is 4. The van der Waals surface area contributed by atoms with Gasteiger partial charge >= 0.3 is 17.9 Å².